The first kappa shape index (κ1) is 16.4. The van der Waals surface area contributed by atoms with Crippen LogP contribution >= 0.6 is 15.9 Å². The number of nitrogens with one attached hydrogen (secondary N) is 1. The van der Waals surface area contributed by atoms with Crippen molar-refractivity contribution in [1.82, 2.24) is 10.2 Å². The molecule has 21 heavy (non-hydrogen) atoms. The van der Waals surface area contributed by atoms with Gasteiger partial charge in [0.25, 0.3) is 0 Å². The van der Waals surface area contributed by atoms with E-state index in [0.717, 1.165) is 35.4 Å². The second-order valence-electron chi connectivity index (χ2n) is 5.76. The second kappa shape index (κ2) is 7.84. The number of halogens is 1. The number of piperidine rings is 1. The van der Waals surface area contributed by atoms with Crippen molar-refractivity contribution in [3.05, 3.63) is 28.2 Å². The molecule has 1 N–H and O–H groups in total. The smallest absolute Gasteiger partial charge is 0.148 e. The third-order valence-electron chi connectivity index (χ3n) is 4.00. The third-order valence-corrected chi connectivity index (χ3v) is 4.49. The van der Waals surface area contributed by atoms with Gasteiger partial charge in [-0.3, -0.25) is 0 Å². The molecule has 2 atom stereocenters. The molecule has 1 fully saturated rings. The lowest BCUT2D eigenvalue weighted by atomic mass is 9.94. The summed E-state index contributed by atoms with van der Waals surface area (Å²) in [6, 6.07) is 6.60. The van der Waals surface area contributed by atoms with Gasteiger partial charge in [0, 0.05) is 29.2 Å². The Morgan fingerprint density at radius 2 is 2.33 bits per heavy atom. The second-order valence-corrected chi connectivity index (χ2v) is 6.68. The van der Waals surface area contributed by atoms with Crippen LogP contribution in [-0.2, 0) is 6.54 Å². The van der Waals surface area contributed by atoms with Crippen LogP contribution in [0.4, 0.5) is 0 Å². The van der Waals surface area contributed by atoms with Crippen molar-refractivity contribution >= 4 is 15.9 Å². The summed E-state index contributed by atoms with van der Waals surface area (Å²) in [5.74, 6) is 4.04. The van der Waals surface area contributed by atoms with E-state index in [-0.39, 0.29) is 0 Å². The van der Waals surface area contributed by atoms with Gasteiger partial charge in [-0.05, 0) is 44.1 Å². The predicted octanol–water partition coefficient (Wildman–Crippen LogP) is 2.89. The summed E-state index contributed by atoms with van der Waals surface area (Å²) >= 11 is 3.52. The van der Waals surface area contributed by atoms with E-state index < -0.39 is 0 Å². The minimum Gasteiger partial charge on any atom is -0.481 e. The number of ether oxygens (including phenoxy) is 1. The molecule has 2 rings (SSSR count). The number of hydrogen-bond acceptors (Lipinski definition) is 3. The molecule has 0 saturated carbocycles. The van der Waals surface area contributed by atoms with Crippen LogP contribution in [0.25, 0.3) is 0 Å². The Morgan fingerprint density at radius 3 is 3.05 bits per heavy atom. The van der Waals surface area contributed by atoms with Gasteiger partial charge in [-0.2, -0.15) is 0 Å². The van der Waals surface area contributed by atoms with Gasteiger partial charge >= 0.3 is 0 Å². The Balaban J connectivity index is 1.98. The first-order valence-electron chi connectivity index (χ1n) is 7.36. The van der Waals surface area contributed by atoms with Crippen molar-refractivity contribution in [2.45, 2.75) is 25.9 Å². The predicted molar refractivity (Wildman–Crippen MR) is 90.4 cm³/mol. The lowest BCUT2D eigenvalue weighted by molar-refractivity contribution is 0.174. The quantitative estimate of drug-likeness (QED) is 0.826. The number of likely N-dealkylation sites (tertiary alicyclic amines) is 1. The average Bonchev–Trinajstić information content (AvgIpc) is 2.45. The molecule has 1 aromatic carbocycles. The van der Waals surface area contributed by atoms with E-state index in [2.05, 4.69) is 52.1 Å². The summed E-state index contributed by atoms with van der Waals surface area (Å²) in [4.78, 5) is 2.39. The topological polar surface area (TPSA) is 24.5 Å². The summed E-state index contributed by atoms with van der Waals surface area (Å²) in [5, 5.41) is 3.67. The van der Waals surface area contributed by atoms with Crippen LogP contribution in [0.3, 0.4) is 0 Å². The van der Waals surface area contributed by atoms with E-state index in [1.54, 1.807) is 0 Å². The Morgan fingerprint density at radius 1 is 1.52 bits per heavy atom. The van der Waals surface area contributed by atoms with Crippen LogP contribution in [-0.4, -0.2) is 37.7 Å². The van der Waals surface area contributed by atoms with Gasteiger partial charge in [0.1, 0.15) is 12.4 Å². The lowest BCUT2D eigenvalue weighted by Crippen LogP contribution is -2.46. The van der Waals surface area contributed by atoms with E-state index in [1.165, 1.54) is 6.42 Å². The number of hydrogen-bond donors (Lipinski definition) is 1. The molecule has 0 radical (unpaired) electrons. The molecule has 3 nitrogen and oxygen atoms in total. The zero-order chi connectivity index (χ0) is 15.2. The molecular weight excluding hydrogens is 328 g/mol. The van der Waals surface area contributed by atoms with Crippen LogP contribution in [0.2, 0.25) is 0 Å². The van der Waals surface area contributed by atoms with E-state index in [9.17, 15) is 0 Å². The van der Waals surface area contributed by atoms with Crippen LogP contribution < -0.4 is 10.1 Å². The Kier molecular flexibility index (Phi) is 6.10. The van der Waals surface area contributed by atoms with Crippen molar-refractivity contribution in [2.75, 3.05) is 26.7 Å². The highest BCUT2D eigenvalue weighted by Crippen LogP contribution is 2.24. The maximum absolute atomic E-state index is 5.62. The van der Waals surface area contributed by atoms with Crippen LogP contribution in [0.5, 0.6) is 5.75 Å². The van der Waals surface area contributed by atoms with E-state index in [0.29, 0.717) is 18.6 Å². The van der Waals surface area contributed by atoms with Crippen molar-refractivity contribution in [1.29, 1.82) is 0 Å². The molecule has 1 aliphatic heterocycles. The molecule has 114 valence electrons. The molecule has 4 heteroatoms. The fourth-order valence-corrected chi connectivity index (χ4v) is 3.25. The zero-order valence-electron chi connectivity index (χ0n) is 12.7. The first-order valence-corrected chi connectivity index (χ1v) is 8.16. The molecule has 0 aliphatic carbocycles. The van der Waals surface area contributed by atoms with Crippen molar-refractivity contribution in [3.63, 3.8) is 0 Å². The van der Waals surface area contributed by atoms with Crippen LogP contribution in [0.1, 0.15) is 18.9 Å². The highest BCUT2D eigenvalue weighted by Gasteiger charge is 2.23. The minimum absolute atomic E-state index is 0.305. The number of nitrogens with zero attached hydrogens (tertiary/aromatic N) is 1. The van der Waals surface area contributed by atoms with E-state index in [4.69, 9.17) is 11.2 Å². The number of terminal acetylenes is 1. The SMILES string of the molecule is C#CCOc1ccc(Br)cc1CNC1CCN(C)CC1C. The third kappa shape index (κ3) is 4.74. The van der Waals surface area contributed by atoms with Gasteiger partial charge in [-0.25, -0.2) is 0 Å². The van der Waals surface area contributed by atoms with Crippen LogP contribution in [0.15, 0.2) is 22.7 Å². The molecule has 1 aromatic rings. The maximum atomic E-state index is 5.62. The minimum atomic E-state index is 0.305. The normalized spacial score (nSPS) is 22.8. The molecule has 0 aromatic heterocycles. The lowest BCUT2D eigenvalue weighted by Gasteiger charge is -2.35. The van der Waals surface area contributed by atoms with Gasteiger partial charge in [0.2, 0.25) is 0 Å². The summed E-state index contributed by atoms with van der Waals surface area (Å²) in [6.07, 6.45) is 6.46. The summed E-state index contributed by atoms with van der Waals surface area (Å²) in [5.41, 5.74) is 1.14. The van der Waals surface area contributed by atoms with Crippen molar-refractivity contribution in [2.24, 2.45) is 5.92 Å². The molecule has 0 spiro atoms. The van der Waals surface area contributed by atoms with Gasteiger partial charge in [-0.1, -0.05) is 28.8 Å². The van der Waals surface area contributed by atoms with Gasteiger partial charge < -0.3 is 15.0 Å². The van der Waals surface area contributed by atoms with Gasteiger partial charge in [0.05, 0.1) is 0 Å². The Labute approximate surface area is 136 Å². The highest BCUT2D eigenvalue weighted by atomic mass is 79.9. The first-order chi connectivity index (χ1) is 10.1. The van der Waals surface area contributed by atoms with Crippen LogP contribution in [0, 0.1) is 18.3 Å². The van der Waals surface area contributed by atoms with Gasteiger partial charge in [-0.15, -0.1) is 6.42 Å². The number of benzene rings is 1. The highest BCUT2D eigenvalue weighted by molar-refractivity contribution is 9.10. The summed E-state index contributed by atoms with van der Waals surface area (Å²) in [7, 11) is 2.19. The van der Waals surface area contributed by atoms with Gasteiger partial charge in [0.15, 0.2) is 0 Å². The fourth-order valence-electron chi connectivity index (χ4n) is 2.84. The summed E-state index contributed by atoms with van der Waals surface area (Å²) < 4.78 is 6.68. The molecule has 0 amide bonds. The van der Waals surface area contributed by atoms with E-state index in [1.807, 2.05) is 12.1 Å². The monoisotopic (exact) mass is 350 g/mol. The Hall–Kier alpha value is -1.02. The number of rotatable bonds is 5. The maximum Gasteiger partial charge on any atom is 0.148 e. The van der Waals surface area contributed by atoms with Crippen molar-refractivity contribution < 1.29 is 4.74 Å². The Bertz CT molecular complexity index is 512. The molecule has 1 saturated heterocycles. The molecule has 0 bridgehead atoms. The molecular formula is C17H23BrN2O. The fraction of sp³-hybridized carbons (Fsp3) is 0.529. The zero-order valence-corrected chi connectivity index (χ0v) is 14.3. The van der Waals surface area contributed by atoms with Crippen molar-refractivity contribution in [3.8, 4) is 18.1 Å². The molecule has 1 heterocycles. The molecule has 1 aliphatic rings. The van der Waals surface area contributed by atoms with E-state index >= 15 is 0 Å². The average molecular weight is 351 g/mol. The summed E-state index contributed by atoms with van der Waals surface area (Å²) in [6.45, 7) is 5.72. The largest absolute Gasteiger partial charge is 0.481 e. The molecule has 2 unspecified atom stereocenters. The standard InChI is InChI=1S/C17H23BrN2O/c1-4-9-21-17-6-5-15(18)10-14(17)11-19-16-7-8-20(3)12-13(16)2/h1,5-6,10,13,16,19H,7-9,11-12H2,2-3H3.